The Morgan fingerprint density at radius 1 is 1.30 bits per heavy atom. The van der Waals surface area contributed by atoms with Crippen LogP contribution in [-0.2, 0) is 0 Å². The van der Waals surface area contributed by atoms with Crippen LogP contribution >= 0.6 is 22.9 Å². The Hall–Kier alpha value is -1.43. The van der Waals surface area contributed by atoms with Crippen molar-refractivity contribution in [3.05, 3.63) is 57.0 Å². The topological polar surface area (TPSA) is 32.3 Å². The zero-order chi connectivity index (χ0) is 16.2. The Morgan fingerprint density at radius 2 is 2.09 bits per heavy atom. The predicted molar refractivity (Wildman–Crippen MR) is 91.6 cm³/mol. The minimum atomic E-state index is -0.594. The third kappa shape index (κ3) is 3.74. The molecule has 3 nitrogen and oxygen atoms in total. The van der Waals surface area contributed by atoms with E-state index in [1.165, 1.54) is 35.9 Å². The Balaban J connectivity index is 1.72. The van der Waals surface area contributed by atoms with Crippen LogP contribution < -0.4 is 5.32 Å². The molecule has 122 valence electrons. The number of carbonyl (C=O) groups is 1. The molecule has 2 heterocycles. The van der Waals surface area contributed by atoms with Crippen molar-refractivity contribution in [1.29, 1.82) is 0 Å². The van der Waals surface area contributed by atoms with Crippen LogP contribution in [0.15, 0.2) is 35.7 Å². The van der Waals surface area contributed by atoms with Gasteiger partial charge in [0.25, 0.3) is 5.91 Å². The van der Waals surface area contributed by atoms with Crippen LogP contribution in [0.3, 0.4) is 0 Å². The fourth-order valence-electron chi connectivity index (χ4n) is 2.94. The third-order valence-corrected chi connectivity index (χ3v) is 5.39. The second kappa shape index (κ2) is 7.43. The number of likely N-dealkylation sites (tertiary alicyclic amines) is 1. The van der Waals surface area contributed by atoms with Crippen LogP contribution in [-0.4, -0.2) is 30.4 Å². The zero-order valence-electron chi connectivity index (χ0n) is 12.6. The van der Waals surface area contributed by atoms with E-state index in [2.05, 4.69) is 16.3 Å². The van der Waals surface area contributed by atoms with E-state index in [1.54, 1.807) is 11.3 Å². The maximum absolute atomic E-state index is 13.8. The van der Waals surface area contributed by atoms with Crippen molar-refractivity contribution in [3.8, 4) is 0 Å². The Morgan fingerprint density at radius 3 is 2.74 bits per heavy atom. The van der Waals surface area contributed by atoms with Gasteiger partial charge in [-0.25, -0.2) is 4.39 Å². The van der Waals surface area contributed by atoms with E-state index in [4.69, 9.17) is 11.6 Å². The number of amides is 1. The number of thiophene rings is 1. The van der Waals surface area contributed by atoms with Gasteiger partial charge in [0.15, 0.2) is 0 Å². The minimum absolute atomic E-state index is 0.0829. The normalized spacial score (nSPS) is 16.4. The van der Waals surface area contributed by atoms with Crippen LogP contribution in [0.5, 0.6) is 0 Å². The van der Waals surface area contributed by atoms with Gasteiger partial charge in [0.2, 0.25) is 0 Å². The molecule has 0 saturated carbocycles. The quantitative estimate of drug-likeness (QED) is 0.878. The summed E-state index contributed by atoms with van der Waals surface area (Å²) < 4.78 is 13.8. The Labute approximate surface area is 144 Å². The fraction of sp³-hybridized carbons (Fsp3) is 0.353. The van der Waals surface area contributed by atoms with Gasteiger partial charge in [0.05, 0.1) is 16.6 Å². The smallest absolute Gasteiger partial charge is 0.255 e. The van der Waals surface area contributed by atoms with Crippen LogP contribution in [0, 0.1) is 5.82 Å². The van der Waals surface area contributed by atoms with Gasteiger partial charge in [-0.1, -0.05) is 23.7 Å². The lowest BCUT2D eigenvalue weighted by Gasteiger charge is -2.27. The number of carbonyl (C=O) groups excluding carboxylic acids is 1. The molecule has 3 rings (SSSR count). The van der Waals surface area contributed by atoms with E-state index in [9.17, 15) is 9.18 Å². The lowest BCUT2D eigenvalue weighted by Crippen LogP contribution is -2.36. The van der Waals surface area contributed by atoms with Gasteiger partial charge < -0.3 is 5.32 Å². The van der Waals surface area contributed by atoms with Crippen LogP contribution in [0.1, 0.15) is 34.1 Å². The van der Waals surface area contributed by atoms with Gasteiger partial charge in [0.1, 0.15) is 5.82 Å². The van der Waals surface area contributed by atoms with E-state index in [0.29, 0.717) is 6.54 Å². The van der Waals surface area contributed by atoms with E-state index in [-0.39, 0.29) is 16.6 Å². The van der Waals surface area contributed by atoms with Crippen molar-refractivity contribution in [2.24, 2.45) is 0 Å². The van der Waals surface area contributed by atoms with Crippen LogP contribution in [0.2, 0.25) is 5.02 Å². The molecule has 1 N–H and O–H groups in total. The molecule has 0 bridgehead atoms. The summed E-state index contributed by atoms with van der Waals surface area (Å²) in [6.07, 6.45) is 2.35. The summed E-state index contributed by atoms with van der Waals surface area (Å²) in [4.78, 5) is 15.9. The van der Waals surface area contributed by atoms with Crippen molar-refractivity contribution in [3.63, 3.8) is 0 Å². The highest BCUT2D eigenvalue weighted by atomic mass is 35.5. The second-order valence-electron chi connectivity index (χ2n) is 5.58. The van der Waals surface area contributed by atoms with E-state index in [1.807, 2.05) is 11.4 Å². The second-order valence-corrected chi connectivity index (χ2v) is 6.97. The van der Waals surface area contributed by atoms with Gasteiger partial charge in [-0.2, -0.15) is 0 Å². The molecule has 6 heteroatoms. The standard InChI is InChI=1S/C17H18ClFN2OS/c18-12-5-3-6-13(19)16(12)17(22)20-11-14(15-7-4-10-23-15)21-8-1-2-9-21/h3-7,10,14H,1-2,8-9,11H2,(H,20,22). The third-order valence-electron chi connectivity index (χ3n) is 4.10. The van der Waals surface area contributed by atoms with Crippen LogP contribution in [0.25, 0.3) is 0 Å². The minimum Gasteiger partial charge on any atom is -0.350 e. The number of halogens is 2. The van der Waals surface area contributed by atoms with Crippen molar-refractivity contribution in [2.75, 3.05) is 19.6 Å². The lowest BCUT2D eigenvalue weighted by atomic mass is 10.1. The van der Waals surface area contributed by atoms with Gasteiger partial charge >= 0.3 is 0 Å². The molecular formula is C17H18ClFN2OS. The number of benzene rings is 1. The van der Waals surface area contributed by atoms with Crippen LogP contribution in [0.4, 0.5) is 4.39 Å². The summed E-state index contributed by atoms with van der Waals surface area (Å²) in [5, 5.41) is 5.02. The average molecular weight is 353 g/mol. The van der Waals surface area contributed by atoms with Gasteiger partial charge in [0, 0.05) is 11.4 Å². The number of nitrogens with one attached hydrogen (secondary N) is 1. The first-order chi connectivity index (χ1) is 11.2. The average Bonchev–Trinajstić information content (AvgIpc) is 3.21. The molecule has 1 saturated heterocycles. The summed E-state index contributed by atoms with van der Waals surface area (Å²) in [5.41, 5.74) is -0.0829. The molecule has 1 amide bonds. The van der Waals surface area contributed by atoms with Crippen molar-refractivity contribution in [1.82, 2.24) is 10.2 Å². The molecule has 2 aromatic rings. The molecule has 1 aliphatic rings. The number of hydrogen-bond donors (Lipinski definition) is 1. The highest BCUT2D eigenvalue weighted by Crippen LogP contribution is 2.28. The number of rotatable bonds is 5. The molecule has 0 spiro atoms. The summed E-state index contributed by atoms with van der Waals surface area (Å²) >= 11 is 7.64. The van der Waals surface area contributed by atoms with Crippen molar-refractivity contribution < 1.29 is 9.18 Å². The maximum atomic E-state index is 13.8. The SMILES string of the molecule is O=C(NCC(c1cccs1)N1CCCC1)c1c(F)cccc1Cl. The van der Waals surface area contributed by atoms with Gasteiger partial charge in [-0.15, -0.1) is 11.3 Å². The summed E-state index contributed by atoms with van der Waals surface area (Å²) in [6, 6.07) is 8.49. The predicted octanol–water partition coefficient (Wildman–Crippen LogP) is 4.11. The first-order valence-corrected chi connectivity index (χ1v) is 8.92. The molecule has 1 unspecified atom stereocenters. The molecule has 1 fully saturated rings. The lowest BCUT2D eigenvalue weighted by molar-refractivity contribution is 0.0934. The van der Waals surface area contributed by atoms with E-state index < -0.39 is 11.7 Å². The summed E-state index contributed by atoms with van der Waals surface area (Å²) in [7, 11) is 0. The largest absolute Gasteiger partial charge is 0.350 e. The highest BCUT2D eigenvalue weighted by molar-refractivity contribution is 7.10. The summed E-state index contributed by atoms with van der Waals surface area (Å²) in [5.74, 6) is -1.06. The summed E-state index contributed by atoms with van der Waals surface area (Å²) in [6.45, 7) is 2.50. The van der Waals surface area contributed by atoms with E-state index in [0.717, 1.165) is 13.1 Å². The zero-order valence-corrected chi connectivity index (χ0v) is 14.2. The Bertz CT molecular complexity index is 651. The number of hydrogen-bond acceptors (Lipinski definition) is 3. The molecule has 23 heavy (non-hydrogen) atoms. The molecule has 1 atom stereocenters. The molecule has 1 aromatic carbocycles. The fourth-order valence-corrected chi connectivity index (χ4v) is 4.05. The maximum Gasteiger partial charge on any atom is 0.255 e. The van der Waals surface area contributed by atoms with Gasteiger partial charge in [-0.05, 0) is 49.5 Å². The Kier molecular flexibility index (Phi) is 5.30. The molecule has 0 radical (unpaired) electrons. The van der Waals surface area contributed by atoms with Gasteiger partial charge in [-0.3, -0.25) is 9.69 Å². The highest BCUT2D eigenvalue weighted by Gasteiger charge is 2.25. The molecule has 0 aliphatic carbocycles. The monoisotopic (exact) mass is 352 g/mol. The number of nitrogens with zero attached hydrogens (tertiary/aromatic N) is 1. The van der Waals surface area contributed by atoms with E-state index >= 15 is 0 Å². The van der Waals surface area contributed by atoms with Crippen molar-refractivity contribution >= 4 is 28.8 Å². The molecule has 1 aliphatic heterocycles. The first kappa shape index (κ1) is 16.4. The first-order valence-electron chi connectivity index (χ1n) is 7.66. The van der Waals surface area contributed by atoms with Crippen molar-refractivity contribution in [2.45, 2.75) is 18.9 Å². The molecule has 1 aromatic heterocycles. The molecular weight excluding hydrogens is 335 g/mol.